The van der Waals surface area contributed by atoms with Crippen LogP contribution in [-0.4, -0.2) is 18.2 Å². The van der Waals surface area contributed by atoms with Gasteiger partial charge in [-0.25, -0.2) is 10.2 Å². The summed E-state index contributed by atoms with van der Waals surface area (Å²) in [7, 11) is 0. The van der Waals surface area contributed by atoms with Crippen molar-refractivity contribution in [2.24, 2.45) is 11.0 Å². The third kappa shape index (κ3) is 7.62. The van der Waals surface area contributed by atoms with E-state index < -0.39 is 0 Å². The summed E-state index contributed by atoms with van der Waals surface area (Å²) in [6.07, 6.45) is 0.524. The zero-order valence-electron chi connectivity index (χ0n) is 15.9. The van der Waals surface area contributed by atoms with Gasteiger partial charge in [0, 0.05) is 21.4 Å². The van der Waals surface area contributed by atoms with E-state index in [1.54, 1.807) is 12.1 Å². The summed E-state index contributed by atoms with van der Waals surface area (Å²) in [5.41, 5.74) is 5.19. The highest BCUT2D eigenvalue weighted by Gasteiger charge is 2.10. The molecule has 0 bridgehead atoms. The molecule has 0 aromatic heterocycles. The molecule has 2 aromatic rings. The van der Waals surface area contributed by atoms with Crippen LogP contribution in [0.15, 0.2) is 58.1 Å². The molecule has 0 fully saturated rings. The molecule has 0 heterocycles. The number of carbonyl (C=O) groups excluding carboxylic acids is 2. The van der Waals surface area contributed by atoms with Gasteiger partial charge in [0.1, 0.15) is 0 Å². The zero-order chi connectivity index (χ0) is 20.2. The van der Waals surface area contributed by atoms with Crippen molar-refractivity contribution in [2.75, 3.05) is 10.6 Å². The predicted octanol–water partition coefficient (Wildman–Crippen LogP) is 5.23. The monoisotopic (exact) mass is 432 g/mol. The predicted molar refractivity (Wildman–Crippen MR) is 115 cm³/mol. The van der Waals surface area contributed by atoms with E-state index in [0.717, 1.165) is 15.7 Å². The van der Waals surface area contributed by atoms with Crippen LogP contribution in [0.2, 0.25) is 0 Å². The Hall–Kier alpha value is -2.67. The smallest absolute Gasteiger partial charge is 0.308 e. The first-order chi connectivity index (χ1) is 13.0. The van der Waals surface area contributed by atoms with E-state index in [1.165, 1.54) is 0 Å². The van der Waals surface area contributed by atoms with Gasteiger partial charge in [-0.2, -0.15) is 5.10 Å². The van der Waals surface area contributed by atoms with Crippen LogP contribution >= 0.6 is 15.9 Å². The number of carbonyl (C=O) groups is 2. The maximum absolute atomic E-state index is 12.2. The first-order valence-corrected chi connectivity index (χ1v) is 9.49. The number of halogens is 1. The Balaban J connectivity index is 0.00000176. The summed E-state index contributed by atoms with van der Waals surface area (Å²) in [6.45, 7) is 7.96. The Morgan fingerprint density at radius 2 is 1.63 bits per heavy atom. The van der Waals surface area contributed by atoms with Crippen molar-refractivity contribution in [3.05, 3.63) is 58.6 Å². The van der Waals surface area contributed by atoms with Crippen molar-refractivity contribution in [1.29, 1.82) is 0 Å². The fourth-order valence-electron chi connectivity index (χ4n) is 2.24. The van der Waals surface area contributed by atoms with Crippen molar-refractivity contribution in [3.63, 3.8) is 0 Å². The van der Waals surface area contributed by atoms with Gasteiger partial charge >= 0.3 is 6.03 Å². The van der Waals surface area contributed by atoms with Crippen LogP contribution in [0.1, 0.15) is 33.3 Å². The fraction of sp³-hybridized carbons (Fsp3) is 0.250. The summed E-state index contributed by atoms with van der Waals surface area (Å²) >= 11 is 3.36. The van der Waals surface area contributed by atoms with Gasteiger partial charge in [-0.3, -0.25) is 4.79 Å². The minimum atomic E-state index is -0.343. The van der Waals surface area contributed by atoms with Crippen LogP contribution < -0.4 is 16.1 Å². The number of anilines is 2. The second kappa shape index (κ2) is 11.9. The van der Waals surface area contributed by atoms with Crippen molar-refractivity contribution in [3.8, 4) is 0 Å². The van der Waals surface area contributed by atoms with Gasteiger partial charge in [-0.15, -0.1) is 0 Å². The molecule has 7 heteroatoms. The highest BCUT2D eigenvalue weighted by atomic mass is 79.9. The second-order valence-corrected chi connectivity index (χ2v) is 6.48. The van der Waals surface area contributed by atoms with E-state index in [-0.39, 0.29) is 11.9 Å². The maximum Gasteiger partial charge on any atom is 0.323 e. The molecule has 0 unspecified atom stereocenters. The highest BCUT2D eigenvalue weighted by molar-refractivity contribution is 9.10. The van der Waals surface area contributed by atoms with Crippen LogP contribution in [0.3, 0.4) is 0 Å². The molecule has 0 aliphatic carbocycles. The Bertz CT molecular complexity index is 791. The summed E-state index contributed by atoms with van der Waals surface area (Å²) in [6, 6.07) is 14.3. The first-order valence-electron chi connectivity index (χ1n) is 8.70. The van der Waals surface area contributed by atoms with Gasteiger partial charge in [0.15, 0.2) is 0 Å². The number of nitrogens with one attached hydrogen (secondary N) is 3. The van der Waals surface area contributed by atoms with Crippen molar-refractivity contribution < 1.29 is 9.59 Å². The van der Waals surface area contributed by atoms with E-state index >= 15 is 0 Å². The Morgan fingerprint density at radius 1 is 1.04 bits per heavy atom. The van der Waals surface area contributed by atoms with E-state index in [9.17, 15) is 9.59 Å². The Labute approximate surface area is 168 Å². The van der Waals surface area contributed by atoms with Crippen LogP contribution in [-0.2, 0) is 4.79 Å². The number of amides is 3. The summed E-state index contributed by atoms with van der Waals surface area (Å²) in [4.78, 5) is 22.6. The maximum atomic E-state index is 12.2. The number of urea groups is 1. The average molecular weight is 433 g/mol. The van der Waals surface area contributed by atoms with Crippen LogP contribution in [0.25, 0.3) is 0 Å². The normalized spacial score (nSPS) is 10.5. The van der Waals surface area contributed by atoms with Gasteiger partial charge < -0.3 is 10.6 Å². The van der Waals surface area contributed by atoms with Crippen molar-refractivity contribution in [1.82, 2.24) is 5.43 Å². The lowest BCUT2D eigenvalue weighted by Crippen LogP contribution is -2.20. The number of hydrazone groups is 1. The zero-order valence-corrected chi connectivity index (χ0v) is 17.5. The van der Waals surface area contributed by atoms with Crippen molar-refractivity contribution in [2.45, 2.75) is 27.7 Å². The molecule has 3 N–H and O–H groups in total. The third-order valence-corrected chi connectivity index (χ3v) is 3.78. The minimum absolute atomic E-state index is 0.109. The van der Waals surface area contributed by atoms with Gasteiger partial charge in [0.25, 0.3) is 0 Å². The van der Waals surface area contributed by atoms with E-state index in [2.05, 4.69) is 37.1 Å². The van der Waals surface area contributed by atoms with Gasteiger partial charge in [0.05, 0.1) is 5.71 Å². The second-order valence-electron chi connectivity index (χ2n) is 5.57. The average Bonchev–Trinajstić information content (AvgIpc) is 2.63. The number of benzene rings is 2. The highest BCUT2D eigenvalue weighted by Crippen LogP contribution is 2.18. The summed E-state index contributed by atoms with van der Waals surface area (Å²) in [5, 5.41) is 9.63. The molecule has 0 aliphatic heterocycles. The third-order valence-electron chi connectivity index (χ3n) is 3.28. The van der Waals surface area contributed by atoms with Crippen LogP contribution in [0, 0.1) is 5.92 Å². The molecule has 0 radical (unpaired) electrons. The summed E-state index contributed by atoms with van der Waals surface area (Å²) < 4.78 is 0.882. The molecule has 0 spiro atoms. The Morgan fingerprint density at radius 3 is 2.19 bits per heavy atom. The SMILES string of the molecule is CC.CC(C)/C(=N\NC=O)c1cccc(NC(=O)Nc2cccc(Br)c2)c1. The van der Waals surface area contributed by atoms with Gasteiger partial charge in [0.2, 0.25) is 6.41 Å². The number of hydrogen-bond donors (Lipinski definition) is 3. The van der Waals surface area contributed by atoms with Crippen molar-refractivity contribution >= 4 is 45.5 Å². The molecule has 6 nitrogen and oxygen atoms in total. The number of rotatable bonds is 6. The molecule has 0 saturated carbocycles. The van der Waals surface area contributed by atoms with E-state index in [1.807, 2.05) is 64.1 Å². The topological polar surface area (TPSA) is 82.6 Å². The minimum Gasteiger partial charge on any atom is -0.308 e. The molecular weight excluding hydrogens is 408 g/mol. The molecule has 2 rings (SSSR count). The van der Waals surface area contributed by atoms with E-state index in [4.69, 9.17) is 0 Å². The van der Waals surface area contributed by atoms with Gasteiger partial charge in [-0.05, 0) is 36.2 Å². The molecule has 27 heavy (non-hydrogen) atoms. The lowest BCUT2D eigenvalue weighted by Gasteiger charge is -2.12. The quantitative estimate of drug-likeness (QED) is 0.331. The standard InChI is InChI=1S/C18H19BrN4O2.C2H6/c1-12(2)17(23-20-11-24)13-5-3-7-15(9-13)21-18(25)22-16-8-4-6-14(19)10-16;1-2/h3-12H,1-2H3,(H,20,24)(H2,21,22,25);1-2H3/b23-17+;. The van der Waals surface area contributed by atoms with Crippen LogP contribution in [0.5, 0.6) is 0 Å². The Kier molecular flexibility index (Phi) is 9.82. The molecule has 0 atom stereocenters. The lowest BCUT2D eigenvalue weighted by atomic mass is 10.00. The van der Waals surface area contributed by atoms with E-state index in [0.29, 0.717) is 17.8 Å². The number of nitrogens with zero attached hydrogens (tertiary/aromatic N) is 1. The molecule has 0 aliphatic rings. The number of hydrogen-bond acceptors (Lipinski definition) is 3. The fourth-order valence-corrected chi connectivity index (χ4v) is 2.64. The molecule has 3 amide bonds. The molecule has 0 saturated heterocycles. The lowest BCUT2D eigenvalue weighted by molar-refractivity contribution is -0.109. The van der Waals surface area contributed by atoms with Gasteiger partial charge in [-0.1, -0.05) is 61.8 Å². The largest absolute Gasteiger partial charge is 0.323 e. The summed E-state index contributed by atoms with van der Waals surface area (Å²) in [5.74, 6) is 0.109. The molecule has 144 valence electrons. The molecule has 2 aromatic carbocycles. The van der Waals surface area contributed by atoms with Crippen LogP contribution in [0.4, 0.5) is 16.2 Å². The molecular formula is C20H25BrN4O2. The first kappa shape index (κ1) is 22.4.